The third kappa shape index (κ3) is 4.52. The van der Waals surface area contributed by atoms with Crippen molar-refractivity contribution in [2.24, 2.45) is 0 Å². The fourth-order valence-corrected chi connectivity index (χ4v) is 5.67. The summed E-state index contributed by atoms with van der Waals surface area (Å²) in [6.07, 6.45) is 6.21. The van der Waals surface area contributed by atoms with Gasteiger partial charge < -0.3 is 4.90 Å². The fourth-order valence-electron chi connectivity index (χ4n) is 3.68. The van der Waals surface area contributed by atoms with Crippen molar-refractivity contribution in [3.8, 4) is 10.4 Å². The van der Waals surface area contributed by atoms with E-state index < -0.39 is 0 Å². The second kappa shape index (κ2) is 9.62. The van der Waals surface area contributed by atoms with Crippen LogP contribution in [0.1, 0.15) is 25.7 Å². The van der Waals surface area contributed by atoms with Crippen LogP contribution in [0.4, 0.5) is 0 Å². The average molecular weight is 440 g/mol. The van der Waals surface area contributed by atoms with Gasteiger partial charge in [0.1, 0.15) is 4.83 Å². The van der Waals surface area contributed by atoms with Crippen molar-refractivity contribution in [2.75, 3.05) is 18.8 Å². The summed E-state index contributed by atoms with van der Waals surface area (Å²) in [5, 5.41) is 1.20. The van der Waals surface area contributed by atoms with Crippen LogP contribution in [0.15, 0.2) is 59.0 Å². The number of fused-ring (bicyclic) bond motifs is 1. The highest BCUT2D eigenvalue weighted by Gasteiger charge is 2.19. The first-order chi connectivity index (χ1) is 14.7. The van der Waals surface area contributed by atoms with Gasteiger partial charge in [0.05, 0.1) is 11.1 Å². The molecule has 0 spiro atoms. The lowest BCUT2D eigenvalue weighted by Gasteiger charge is -2.20. The Hall–Kier alpha value is -2.38. The Labute approximate surface area is 184 Å². The molecule has 1 saturated heterocycles. The van der Waals surface area contributed by atoms with Gasteiger partial charge in [0.25, 0.3) is 5.56 Å². The van der Waals surface area contributed by atoms with Crippen molar-refractivity contribution >= 4 is 39.2 Å². The third-order valence-corrected chi connectivity index (χ3v) is 7.31. The van der Waals surface area contributed by atoms with Crippen LogP contribution >= 0.6 is 23.1 Å². The molecule has 156 valence electrons. The van der Waals surface area contributed by atoms with E-state index >= 15 is 0 Å². The summed E-state index contributed by atoms with van der Waals surface area (Å²) < 4.78 is 1.62. The van der Waals surface area contributed by atoms with Crippen molar-refractivity contribution in [2.45, 2.75) is 37.4 Å². The molecule has 5 nitrogen and oxygen atoms in total. The molecule has 0 saturated carbocycles. The zero-order chi connectivity index (χ0) is 20.9. The van der Waals surface area contributed by atoms with Gasteiger partial charge in [0, 0.05) is 24.5 Å². The van der Waals surface area contributed by atoms with Crippen molar-refractivity contribution in [3.63, 3.8) is 0 Å². The van der Waals surface area contributed by atoms with E-state index in [2.05, 4.69) is 6.58 Å². The topological polar surface area (TPSA) is 55.2 Å². The van der Waals surface area contributed by atoms with Crippen LogP contribution in [0.5, 0.6) is 0 Å². The molecule has 0 bridgehead atoms. The molecule has 30 heavy (non-hydrogen) atoms. The van der Waals surface area contributed by atoms with E-state index in [4.69, 9.17) is 4.98 Å². The Morgan fingerprint density at radius 2 is 1.90 bits per heavy atom. The van der Waals surface area contributed by atoms with E-state index in [1.54, 1.807) is 10.6 Å². The highest BCUT2D eigenvalue weighted by molar-refractivity contribution is 7.99. The number of allylic oxidation sites excluding steroid dienone is 1. The van der Waals surface area contributed by atoms with Crippen molar-refractivity contribution in [1.29, 1.82) is 0 Å². The highest BCUT2D eigenvalue weighted by Crippen LogP contribution is 2.32. The zero-order valence-electron chi connectivity index (χ0n) is 16.9. The first-order valence-corrected chi connectivity index (χ1v) is 12.1. The van der Waals surface area contributed by atoms with E-state index in [1.807, 2.05) is 41.3 Å². The smallest absolute Gasteiger partial charge is 0.263 e. The minimum Gasteiger partial charge on any atom is -0.342 e. The molecule has 7 heteroatoms. The standard InChI is InChI=1S/C23H25N3O2S2/c1-2-12-26-22(28)18-15-19(17-10-6-5-7-11-17)30-21(18)24-23(26)29-16-20(27)25-13-8-3-4-9-14-25/h2,5-7,10-11,15H,1,3-4,8-9,12-14,16H2. The molecule has 1 aromatic carbocycles. The van der Waals surface area contributed by atoms with Gasteiger partial charge in [-0.15, -0.1) is 17.9 Å². The monoisotopic (exact) mass is 439 g/mol. The highest BCUT2D eigenvalue weighted by atomic mass is 32.2. The maximum atomic E-state index is 13.1. The van der Waals surface area contributed by atoms with Gasteiger partial charge in [-0.05, 0) is 24.5 Å². The van der Waals surface area contributed by atoms with Gasteiger partial charge in [-0.2, -0.15) is 0 Å². The molecule has 0 radical (unpaired) electrons. The van der Waals surface area contributed by atoms with Crippen LogP contribution in [0.3, 0.4) is 0 Å². The second-order valence-corrected chi connectivity index (χ2v) is 9.35. The maximum Gasteiger partial charge on any atom is 0.263 e. The molecule has 3 heterocycles. The van der Waals surface area contributed by atoms with Gasteiger partial charge in [-0.3, -0.25) is 14.2 Å². The number of amides is 1. The molecule has 2 aromatic heterocycles. The maximum absolute atomic E-state index is 13.1. The molecule has 1 aliphatic heterocycles. The van der Waals surface area contributed by atoms with Crippen molar-refractivity contribution in [1.82, 2.24) is 14.5 Å². The molecule has 0 aliphatic carbocycles. The van der Waals surface area contributed by atoms with E-state index in [-0.39, 0.29) is 11.5 Å². The largest absolute Gasteiger partial charge is 0.342 e. The lowest BCUT2D eigenvalue weighted by molar-refractivity contribution is -0.128. The van der Waals surface area contributed by atoms with Gasteiger partial charge in [-0.25, -0.2) is 4.98 Å². The Balaban J connectivity index is 1.63. The van der Waals surface area contributed by atoms with Crippen molar-refractivity contribution < 1.29 is 4.79 Å². The number of benzene rings is 1. The van der Waals surface area contributed by atoms with Gasteiger partial charge in [0.15, 0.2) is 5.16 Å². The van der Waals surface area contributed by atoms with Crippen LogP contribution in [-0.2, 0) is 11.3 Å². The van der Waals surface area contributed by atoms with Gasteiger partial charge in [0.2, 0.25) is 5.91 Å². The summed E-state index contributed by atoms with van der Waals surface area (Å²) in [5.74, 6) is 0.420. The van der Waals surface area contributed by atoms with Crippen LogP contribution in [0, 0.1) is 0 Å². The predicted octanol–water partition coefficient (Wildman–Crippen LogP) is 4.81. The Morgan fingerprint density at radius 3 is 2.60 bits per heavy atom. The summed E-state index contributed by atoms with van der Waals surface area (Å²) in [4.78, 5) is 34.3. The third-order valence-electron chi connectivity index (χ3n) is 5.27. The Bertz CT molecular complexity index is 1100. The summed E-state index contributed by atoms with van der Waals surface area (Å²) in [5.41, 5.74) is 0.990. The van der Waals surface area contributed by atoms with Gasteiger partial charge in [-0.1, -0.05) is 61.0 Å². The van der Waals surface area contributed by atoms with Crippen LogP contribution in [0.25, 0.3) is 20.7 Å². The Kier molecular flexibility index (Phi) is 6.69. The number of hydrogen-bond donors (Lipinski definition) is 0. The number of hydrogen-bond acceptors (Lipinski definition) is 5. The quantitative estimate of drug-likeness (QED) is 0.314. The van der Waals surface area contributed by atoms with E-state index in [0.717, 1.165) is 36.4 Å². The minimum absolute atomic E-state index is 0.0805. The number of nitrogens with zero attached hydrogens (tertiary/aromatic N) is 3. The van der Waals surface area contributed by atoms with E-state index in [0.29, 0.717) is 27.7 Å². The molecule has 1 amide bonds. The summed E-state index contributed by atoms with van der Waals surface area (Å²) in [6, 6.07) is 11.9. The molecule has 0 N–H and O–H groups in total. The number of likely N-dealkylation sites (tertiary alicyclic amines) is 1. The summed E-state index contributed by atoms with van der Waals surface area (Å²) in [7, 11) is 0. The van der Waals surface area contributed by atoms with E-state index in [9.17, 15) is 9.59 Å². The number of carbonyl (C=O) groups excluding carboxylic acids is 1. The Morgan fingerprint density at radius 1 is 1.17 bits per heavy atom. The number of carbonyl (C=O) groups is 1. The number of aromatic nitrogens is 2. The molecule has 1 aliphatic rings. The predicted molar refractivity (Wildman–Crippen MR) is 125 cm³/mol. The summed E-state index contributed by atoms with van der Waals surface area (Å²) >= 11 is 2.86. The summed E-state index contributed by atoms with van der Waals surface area (Å²) in [6.45, 7) is 5.81. The van der Waals surface area contributed by atoms with Crippen LogP contribution in [-0.4, -0.2) is 39.2 Å². The number of thioether (sulfide) groups is 1. The molecule has 4 rings (SSSR count). The zero-order valence-corrected chi connectivity index (χ0v) is 18.5. The first kappa shape index (κ1) is 20.9. The minimum atomic E-state index is -0.0805. The average Bonchev–Trinajstić information content (AvgIpc) is 3.01. The molecular formula is C23H25N3O2S2. The van der Waals surface area contributed by atoms with E-state index in [1.165, 1.54) is 35.9 Å². The van der Waals surface area contributed by atoms with Crippen LogP contribution < -0.4 is 5.56 Å². The number of thiophene rings is 1. The lowest BCUT2D eigenvalue weighted by atomic mass is 10.2. The number of rotatable bonds is 6. The van der Waals surface area contributed by atoms with Crippen molar-refractivity contribution in [3.05, 3.63) is 59.4 Å². The lowest BCUT2D eigenvalue weighted by Crippen LogP contribution is -2.33. The molecular weight excluding hydrogens is 414 g/mol. The van der Waals surface area contributed by atoms with Gasteiger partial charge >= 0.3 is 0 Å². The first-order valence-electron chi connectivity index (χ1n) is 10.3. The fraction of sp³-hybridized carbons (Fsp3) is 0.348. The molecule has 0 unspecified atom stereocenters. The second-order valence-electron chi connectivity index (χ2n) is 7.38. The molecule has 1 fully saturated rings. The molecule has 3 aromatic rings. The SMILES string of the molecule is C=CCn1c(SCC(=O)N2CCCCCC2)nc2sc(-c3ccccc3)cc2c1=O. The normalized spacial score (nSPS) is 14.6. The molecule has 0 atom stereocenters. The van der Waals surface area contributed by atoms with Crippen LogP contribution in [0.2, 0.25) is 0 Å².